The highest BCUT2D eigenvalue weighted by Crippen LogP contribution is 2.25. The van der Waals surface area contributed by atoms with Gasteiger partial charge in [0.25, 0.3) is 5.91 Å². The number of methoxy groups -OCH3 is 1. The summed E-state index contributed by atoms with van der Waals surface area (Å²) in [5.41, 5.74) is 7.18. The molecule has 6 heteroatoms. The van der Waals surface area contributed by atoms with Gasteiger partial charge in [-0.25, -0.2) is 0 Å². The smallest absolute Gasteiger partial charge is 0.269 e. The Morgan fingerprint density at radius 3 is 1.93 bits per heavy atom. The molecule has 0 atom stereocenters. The summed E-state index contributed by atoms with van der Waals surface area (Å²) in [6.07, 6.45) is 0. The molecule has 0 bridgehead atoms. The van der Waals surface area contributed by atoms with Gasteiger partial charge in [0, 0.05) is 5.56 Å². The van der Waals surface area contributed by atoms with Crippen molar-refractivity contribution >= 4 is 34.4 Å². The first-order valence-corrected chi connectivity index (χ1v) is 9.71. The maximum absolute atomic E-state index is 12.9. The normalized spacial score (nSPS) is 10.4. The van der Waals surface area contributed by atoms with Crippen LogP contribution in [0.4, 0.5) is 0 Å². The summed E-state index contributed by atoms with van der Waals surface area (Å²) in [5, 5.41) is 0. The fourth-order valence-corrected chi connectivity index (χ4v) is 3.59. The molecule has 28 heavy (non-hydrogen) atoms. The quantitative estimate of drug-likeness (QED) is 0.425. The average molecular weight is 486 g/mol. The molecule has 5 nitrogen and oxygen atoms in total. The predicted molar refractivity (Wildman–Crippen MR) is 116 cm³/mol. The Labute approximate surface area is 177 Å². The molecule has 142 valence electrons. The highest BCUT2D eigenvalue weighted by atomic mass is 127. The zero-order chi connectivity index (χ0) is 19.9. The molecule has 0 heterocycles. The second kappa shape index (κ2) is 9.36. The van der Waals surface area contributed by atoms with Gasteiger partial charge in [0.15, 0.2) is 0 Å². The fraction of sp³-hybridized carbons (Fsp3) is 0.0909. The summed E-state index contributed by atoms with van der Waals surface area (Å²) in [4.78, 5) is 25.3. The van der Waals surface area contributed by atoms with Crippen LogP contribution in [0.3, 0.4) is 0 Å². The van der Waals surface area contributed by atoms with Gasteiger partial charge in [-0.3, -0.25) is 20.4 Å². The number of hydrogen-bond donors (Lipinski definition) is 2. The van der Waals surface area contributed by atoms with E-state index in [-0.39, 0.29) is 5.91 Å². The molecule has 0 aliphatic carbocycles. The number of benzene rings is 3. The first-order chi connectivity index (χ1) is 13.6. The molecule has 0 unspecified atom stereocenters. The van der Waals surface area contributed by atoms with Crippen molar-refractivity contribution in [2.45, 2.75) is 5.92 Å². The zero-order valence-corrected chi connectivity index (χ0v) is 17.3. The molecular weight excluding hydrogens is 467 g/mol. The topological polar surface area (TPSA) is 67.4 Å². The number of ether oxygens (including phenoxy) is 1. The second-order valence-corrected chi connectivity index (χ2v) is 7.21. The third-order valence-electron chi connectivity index (χ3n) is 4.24. The Balaban J connectivity index is 1.75. The first-order valence-electron chi connectivity index (χ1n) is 8.64. The summed E-state index contributed by atoms with van der Waals surface area (Å²) in [6.45, 7) is 0. The third-order valence-corrected chi connectivity index (χ3v) is 5.08. The lowest BCUT2D eigenvalue weighted by atomic mass is 9.91. The van der Waals surface area contributed by atoms with Crippen molar-refractivity contribution in [3.63, 3.8) is 0 Å². The van der Waals surface area contributed by atoms with E-state index in [1.54, 1.807) is 25.3 Å². The Kier molecular flexibility index (Phi) is 6.65. The van der Waals surface area contributed by atoms with Gasteiger partial charge < -0.3 is 4.74 Å². The number of hydrazine groups is 1. The Morgan fingerprint density at radius 2 is 1.43 bits per heavy atom. The fourth-order valence-electron chi connectivity index (χ4n) is 2.86. The number of carbonyl (C=O) groups is 2. The molecule has 0 fully saturated rings. The lowest BCUT2D eigenvalue weighted by Gasteiger charge is -2.18. The van der Waals surface area contributed by atoms with Gasteiger partial charge in [-0.15, -0.1) is 0 Å². The van der Waals surface area contributed by atoms with Gasteiger partial charge in [0.2, 0.25) is 5.91 Å². The van der Waals surface area contributed by atoms with E-state index in [0.717, 1.165) is 14.7 Å². The number of amides is 2. The number of hydrogen-bond acceptors (Lipinski definition) is 3. The first kappa shape index (κ1) is 19.9. The molecule has 2 amide bonds. The van der Waals surface area contributed by atoms with Crippen molar-refractivity contribution in [1.82, 2.24) is 10.9 Å². The van der Waals surface area contributed by atoms with E-state index in [9.17, 15) is 9.59 Å². The molecule has 0 spiro atoms. The maximum atomic E-state index is 12.9. The van der Waals surface area contributed by atoms with Crippen molar-refractivity contribution in [3.05, 3.63) is 99.1 Å². The van der Waals surface area contributed by atoms with E-state index in [1.165, 1.54) is 0 Å². The summed E-state index contributed by atoms with van der Waals surface area (Å²) in [5.74, 6) is -0.546. The zero-order valence-electron chi connectivity index (χ0n) is 15.2. The molecule has 0 radical (unpaired) electrons. The standard InChI is InChI=1S/C22H19IN2O3/c1-28-19-13-12-17(14-18(19)23)21(26)24-25-22(27)20(15-8-4-2-5-9-15)16-10-6-3-7-11-16/h2-14,20H,1H3,(H,24,26)(H,25,27). The third kappa shape index (κ3) is 4.69. The minimum atomic E-state index is -0.529. The molecule has 0 aliphatic rings. The molecular formula is C22H19IN2O3. The van der Waals surface area contributed by atoms with E-state index in [2.05, 4.69) is 33.4 Å². The molecule has 2 N–H and O–H groups in total. The summed E-state index contributed by atoms with van der Waals surface area (Å²) in [6, 6.07) is 24.0. The summed E-state index contributed by atoms with van der Waals surface area (Å²) >= 11 is 2.09. The van der Waals surface area contributed by atoms with Crippen molar-refractivity contribution in [2.75, 3.05) is 7.11 Å². The second-order valence-electron chi connectivity index (χ2n) is 6.05. The lowest BCUT2D eigenvalue weighted by Crippen LogP contribution is -2.44. The largest absolute Gasteiger partial charge is 0.496 e. The number of carbonyl (C=O) groups excluding carboxylic acids is 2. The van der Waals surface area contributed by atoms with Crippen LogP contribution in [0, 0.1) is 3.57 Å². The highest BCUT2D eigenvalue weighted by Gasteiger charge is 2.23. The molecule has 0 aromatic heterocycles. The molecule has 0 saturated carbocycles. The van der Waals surface area contributed by atoms with Crippen LogP contribution in [-0.2, 0) is 4.79 Å². The summed E-state index contributed by atoms with van der Waals surface area (Å²) < 4.78 is 6.01. The molecule has 3 aromatic carbocycles. The minimum absolute atomic E-state index is 0.311. The molecule has 0 saturated heterocycles. The van der Waals surface area contributed by atoms with Crippen LogP contribution in [0.15, 0.2) is 78.9 Å². The summed E-state index contributed by atoms with van der Waals surface area (Å²) in [7, 11) is 1.57. The van der Waals surface area contributed by atoms with Crippen LogP contribution in [0.2, 0.25) is 0 Å². The SMILES string of the molecule is COc1ccc(C(=O)NNC(=O)C(c2ccccc2)c2ccccc2)cc1I. The Morgan fingerprint density at radius 1 is 0.857 bits per heavy atom. The van der Waals surface area contributed by atoms with E-state index in [1.807, 2.05) is 60.7 Å². The van der Waals surface area contributed by atoms with Gasteiger partial charge in [0.1, 0.15) is 5.75 Å². The van der Waals surface area contributed by atoms with Crippen molar-refractivity contribution in [3.8, 4) is 5.75 Å². The monoisotopic (exact) mass is 486 g/mol. The Bertz CT molecular complexity index is 923. The van der Waals surface area contributed by atoms with Crippen molar-refractivity contribution < 1.29 is 14.3 Å². The van der Waals surface area contributed by atoms with Gasteiger partial charge in [-0.05, 0) is 51.9 Å². The minimum Gasteiger partial charge on any atom is -0.496 e. The van der Waals surface area contributed by atoms with Gasteiger partial charge in [-0.2, -0.15) is 0 Å². The van der Waals surface area contributed by atoms with Crippen LogP contribution in [0.25, 0.3) is 0 Å². The number of nitrogens with one attached hydrogen (secondary N) is 2. The van der Waals surface area contributed by atoms with Crippen molar-refractivity contribution in [2.24, 2.45) is 0 Å². The highest BCUT2D eigenvalue weighted by molar-refractivity contribution is 14.1. The van der Waals surface area contributed by atoms with Crippen LogP contribution < -0.4 is 15.6 Å². The van der Waals surface area contributed by atoms with Gasteiger partial charge in [0.05, 0.1) is 16.6 Å². The van der Waals surface area contributed by atoms with E-state index < -0.39 is 11.8 Å². The van der Waals surface area contributed by atoms with Crippen molar-refractivity contribution in [1.29, 1.82) is 0 Å². The average Bonchev–Trinajstić information content (AvgIpc) is 2.73. The maximum Gasteiger partial charge on any atom is 0.269 e. The predicted octanol–water partition coefficient (Wildman–Crippen LogP) is 3.89. The van der Waals surface area contributed by atoms with Crippen LogP contribution in [0.5, 0.6) is 5.75 Å². The van der Waals surface area contributed by atoms with Crippen LogP contribution >= 0.6 is 22.6 Å². The molecule has 3 rings (SSSR count). The van der Waals surface area contributed by atoms with Crippen LogP contribution in [0.1, 0.15) is 27.4 Å². The van der Waals surface area contributed by atoms with Gasteiger partial charge >= 0.3 is 0 Å². The lowest BCUT2D eigenvalue weighted by molar-refractivity contribution is -0.122. The molecule has 0 aliphatic heterocycles. The number of halogens is 1. The Hall–Kier alpha value is -2.87. The van der Waals surface area contributed by atoms with Gasteiger partial charge in [-0.1, -0.05) is 60.7 Å². The van der Waals surface area contributed by atoms with E-state index in [0.29, 0.717) is 11.3 Å². The van der Waals surface area contributed by atoms with E-state index in [4.69, 9.17) is 4.74 Å². The number of rotatable bonds is 5. The molecule has 3 aromatic rings. The van der Waals surface area contributed by atoms with Crippen LogP contribution in [-0.4, -0.2) is 18.9 Å². The van der Waals surface area contributed by atoms with E-state index >= 15 is 0 Å².